The molecule has 0 aliphatic heterocycles. The van der Waals surface area contributed by atoms with Crippen LogP contribution in [0.15, 0.2) is 29.4 Å². The first-order valence-electron chi connectivity index (χ1n) is 7.18. The molecule has 0 unspecified atom stereocenters. The van der Waals surface area contributed by atoms with Crippen molar-refractivity contribution in [3.8, 4) is 0 Å². The van der Waals surface area contributed by atoms with Gasteiger partial charge in [0.15, 0.2) is 0 Å². The Bertz CT molecular complexity index is 626. The number of oxime groups is 1. The number of rotatable bonds is 4. The molecule has 0 atom stereocenters. The van der Waals surface area contributed by atoms with Gasteiger partial charge in [-0.15, -0.1) is 0 Å². The van der Waals surface area contributed by atoms with Crippen LogP contribution in [0.3, 0.4) is 0 Å². The largest absolute Gasteiger partial charge is 0.409 e. The van der Waals surface area contributed by atoms with E-state index < -0.39 is 0 Å². The van der Waals surface area contributed by atoms with Crippen molar-refractivity contribution in [2.75, 3.05) is 0 Å². The molecular weight excluding hydrogens is 252 g/mol. The lowest BCUT2D eigenvalue weighted by Gasteiger charge is -2.14. The van der Waals surface area contributed by atoms with Gasteiger partial charge in [-0.25, -0.2) is 4.98 Å². The van der Waals surface area contributed by atoms with E-state index in [-0.39, 0.29) is 5.84 Å². The zero-order chi connectivity index (χ0) is 13.9. The third-order valence-electron chi connectivity index (χ3n) is 4.12. The number of benzene rings is 1. The minimum atomic E-state index is 0.202. The van der Waals surface area contributed by atoms with Crippen LogP contribution in [0.5, 0.6) is 0 Å². The van der Waals surface area contributed by atoms with Gasteiger partial charge in [-0.3, -0.25) is 0 Å². The quantitative estimate of drug-likeness (QED) is 0.388. The van der Waals surface area contributed by atoms with E-state index in [4.69, 9.17) is 10.9 Å². The lowest BCUT2D eigenvalue weighted by molar-refractivity contribution is 0.317. The van der Waals surface area contributed by atoms with Crippen LogP contribution in [0, 0.1) is 5.92 Å². The number of nitrogens with zero attached hydrogens (tertiary/aromatic N) is 3. The first-order chi connectivity index (χ1) is 9.78. The molecule has 1 aliphatic carbocycles. The first kappa shape index (κ1) is 13.0. The van der Waals surface area contributed by atoms with Gasteiger partial charge in [0.1, 0.15) is 11.7 Å². The first-order valence-corrected chi connectivity index (χ1v) is 7.18. The average molecular weight is 272 g/mol. The number of hydrogen-bond donors (Lipinski definition) is 2. The molecule has 1 heterocycles. The van der Waals surface area contributed by atoms with E-state index in [0.29, 0.717) is 6.42 Å². The van der Waals surface area contributed by atoms with Crippen LogP contribution >= 0.6 is 0 Å². The van der Waals surface area contributed by atoms with Crippen molar-refractivity contribution in [1.82, 2.24) is 9.55 Å². The van der Waals surface area contributed by atoms with Gasteiger partial charge >= 0.3 is 0 Å². The van der Waals surface area contributed by atoms with E-state index in [2.05, 4.69) is 20.8 Å². The Morgan fingerprint density at radius 3 is 2.85 bits per heavy atom. The highest BCUT2D eigenvalue weighted by molar-refractivity contribution is 5.83. The summed E-state index contributed by atoms with van der Waals surface area (Å²) in [5, 5.41) is 11.8. The number of nitrogens with two attached hydrogens (primary N) is 1. The molecule has 3 N–H and O–H groups in total. The zero-order valence-electron chi connectivity index (χ0n) is 11.5. The Kier molecular flexibility index (Phi) is 3.58. The molecule has 1 fully saturated rings. The highest BCUT2D eigenvalue weighted by atomic mass is 16.4. The summed E-state index contributed by atoms with van der Waals surface area (Å²) in [7, 11) is 0. The molecule has 3 rings (SSSR count). The molecule has 0 amide bonds. The Labute approximate surface area is 118 Å². The fraction of sp³-hybridized carbons (Fsp3) is 0.467. The summed E-state index contributed by atoms with van der Waals surface area (Å²) in [5.74, 6) is 1.81. The van der Waals surface area contributed by atoms with Gasteiger partial charge in [0.05, 0.1) is 17.5 Å². The number of fused-ring (bicyclic) bond motifs is 1. The van der Waals surface area contributed by atoms with E-state index in [9.17, 15) is 0 Å². The van der Waals surface area contributed by atoms with E-state index >= 15 is 0 Å². The normalized spacial score (nSPS) is 17.1. The maximum atomic E-state index is 8.77. The monoisotopic (exact) mass is 272 g/mol. The highest BCUT2D eigenvalue weighted by Gasteiger charge is 2.19. The Hall–Kier alpha value is -2.04. The second kappa shape index (κ2) is 5.53. The van der Waals surface area contributed by atoms with Gasteiger partial charge < -0.3 is 15.5 Å². The van der Waals surface area contributed by atoms with Gasteiger partial charge in [0, 0.05) is 6.54 Å². The summed E-state index contributed by atoms with van der Waals surface area (Å²) in [6.07, 6.45) is 5.61. The van der Waals surface area contributed by atoms with Crippen molar-refractivity contribution >= 4 is 16.9 Å². The van der Waals surface area contributed by atoms with Gasteiger partial charge in [0.25, 0.3) is 0 Å². The third-order valence-corrected chi connectivity index (χ3v) is 4.12. The predicted octanol–water partition coefficient (Wildman–Crippen LogP) is 2.52. The Morgan fingerprint density at radius 1 is 1.35 bits per heavy atom. The molecule has 1 aromatic carbocycles. The fourth-order valence-electron chi connectivity index (χ4n) is 3.11. The zero-order valence-corrected chi connectivity index (χ0v) is 11.5. The van der Waals surface area contributed by atoms with Crippen molar-refractivity contribution in [2.45, 2.75) is 38.6 Å². The molecule has 1 saturated carbocycles. The SMILES string of the molecule is NC(Cc1nc2ccccc2n1CC1CCCC1)=NO. The smallest absolute Gasteiger partial charge is 0.146 e. The molecule has 106 valence electrons. The molecule has 0 spiro atoms. The average Bonchev–Trinajstić information content (AvgIpc) is 3.08. The van der Waals surface area contributed by atoms with Crippen molar-refractivity contribution in [1.29, 1.82) is 0 Å². The van der Waals surface area contributed by atoms with Crippen LogP contribution in [0.4, 0.5) is 0 Å². The van der Waals surface area contributed by atoms with Crippen LogP contribution in [-0.4, -0.2) is 20.6 Å². The second-order valence-electron chi connectivity index (χ2n) is 5.55. The fourth-order valence-corrected chi connectivity index (χ4v) is 3.11. The van der Waals surface area contributed by atoms with Crippen LogP contribution < -0.4 is 5.73 Å². The van der Waals surface area contributed by atoms with Gasteiger partial charge in [-0.05, 0) is 30.9 Å². The van der Waals surface area contributed by atoms with E-state index in [0.717, 1.165) is 29.3 Å². The molecule has 5 heteroatoms. The van der Waals surface area contributed by atoms with Crippen LogP contribution in [0.2, 0.25) is 0 Å². The van der Waals surface area contributed by atoms with Crippen LogP contribution in [-0.2, 0) is 13.0 Å². The second-order valence-corrected chi connectivity index (χ2v) is 5.55. The molecule has 0 bridgehead atoms. The maximum Gasteiger partial charge on any atom is 0.146 e. The van der Waals surface area contributed by atoms with Crippen molar-refractivity contribution in [2.24, 2.45) is 16.8 Å². The minimum Gasteiger partial charge on any atom is -0.409 e. The summed E-state index contributed by atoms with van der Waals surface area (Å²) in [5.41, 5.74) is 7.77. The summed E-state index contributed by atoms with van der Waals surface area (Å²) < 4.78 is 2.24. The Balaban J connectivity index is 1.98. The molecule has 2 aromatic rings. The Morgan fingerprint density at radius 2 is 2.10 bits per heavy atom. The van der Waals surface area contributed by atoms with Crippen molar-refractivity contribution < 1.29 is 5.21 Å². The van der Waals surface area contributed by atoms with Gasteiger partial charge in [0.2, 0.25) is 0 Å². The maximum absolute atomic E-state index is 8.77. The molecule has 0 radical (unpaired) electrons. The lowest BCUT2D eigenvalue weighted by Crippen LogP contribution is -2.19. The lowest BCUT2D eigenvalue weighted by atomic mass is 10.1. The topological polar surface area (TPSA) is 76.4 Å². The summed E-state index contributed by atoms with van der Waals surface area (Å²) in [6.45, 7) is 0.981. The van der Waals surface area contributed by atoms with Crippen molar-refractivity contribution in [3.63, 3.8) is 0 Å². The molecule has 5 nitrogen and oxygen atoms in total. The van der Waals surface area contributed by atoms with E-state index in [1.54, 1.807) is 0 Å². The van der Waals surface area contributed by atoms with Gasteiger partial charge in [-0.2, -0.15) is 0 Å². The van der Waals surface area contributed by atoms with E-state index in [1.165, 1.54) is 25.7 Å². The molecule has 0 saturated heterocycles. The summed E-state index contributed by atoms with van der Waals surface area (Å²) >= 11 is 0. The number of amidine groups is 1. The number of aromatic nitrogens is 2. The standard InChI is InChI=1S/C15H20N4O/c16-14(18-20)9-15-17-12-7-3-4-8-13(12)19(15)10-11-5-1-2-6-11/h3-4,7-8,11,20H,1-2,5-6,9-10H2,(H2,16,18). The molecular formula is C15H20N4O. The molecule has 1 aromatic heterocycles. The molecule has 20 heavy (non-hydrogen) atoms. The summed E-state index contributed by atoms with van der Waals surface area (Å²) in [6, 6.07) is 8.12. The molecule has 1 aliphatic rings. The number of hydrogen-bond acceptors (Lipinski definition) is 3. The minimum absolute atomic E-state index is 0.202. The number of para-hydroxylation sites is 2. The van der Waals surface area contributed by atoms with Crippen LogP contribution in [0.1, 0.15) is 31.5 Å². The predicted molar refractivity (Wildman–Crippen MR) is 78.8 cm³/mol. The van der Waals surface area contributed by atoms with Crippen LogP contribution in [0.25, 0.3) is 11.0 Å². The number of imidazole rings is 1. The summed E-state index contributed by atoms with van der Waals surface area (Å²) in [4.78, 5) is 4.63. The third kappa shape index (κ3) is 2.48. The van der Waals surface area contributed by atoms with Crippen molar-refractivity contribution in [3.05, 3.63) is 30.1 Å². The highest BCUT2D eigenvalue weighted by Crippen LogP contribution is 2.28. The van der Waals surface area contributed by atoms with E-state index in [1.807, 2.05) is 18.2 Å². The van der Waals surface area contributed by atoms with Gasteiger partial charge in [-0.1, -0.05) is 30.1 Å².